The number of amides is 4. The Morgan fingerprint density at radius 1 is 0.640 bits per heavy atom. The van der Waals surface area contributed by atoms with E-state index in [-0.39, 0.29) is 69.4 Å². The molecule has 3 fully saturated rings. The summed E-state index contributed by atoms with van der Waals surface area (Å²) in [6, 6.07) is 20.8. The number of hydrogen-bond acceptors (Lipinski definition) is 14. The third kappa shape index (κ3) is 14.9. The van der Waals surface area contributed by atoms with Gasteiger partial charge in [-0.2, -0.15) is 29.2 Å². The molecule has 0 radical (unpaired) electrons. The van der Waals surface area contributed by atoms with Crippen molar-refractivity contribution in [1.29, 1.82) is 10.8 Å². The van der Waals surface area contributed by atoms with Crippen LogP contribution in [0.3, 0.4) is 0 Å². The molecule has 6 heterocycles. The number of aromatic amines is 2. The van der Waals surface area contributed by atoms with Gasteiger partial charge in [0.05, 0.1) is 51.6 Å². The number of aromatic nitrogens is 10. The molecule has 11 rings (SSSR count). The van der Waals surface area contributed by atoms with Crippen molar-refractivity contribution in [2.75, 3.05) is 13.2 Å². The lowest BCUT2D eigenvalue weighted by molar-refractivity contribution is -0.135. The van der Waals surface area contributed by atoms with Gasteiger partial charge in [0.2, 0.25) is 0 Å². The molecule has 100 heavy (non-hydrogen) atoms. The highest BCUT2D eigenvalue weighted by molar-refractivity contribution is 6.33. The zero-order valence-corrected chi connectivity index (χ0v) is 57.3. The largest absolute Gasteiger partial charge is 0.447 e. The lowest BCUT2D eigenvalue weighted by Crippen LogP contribution is -2.50. The Hall–Kier alpha value is -9.84. The maximum Gasteiger partial charge on any atom is 0.407 e. The topological polar surface area (TPSA) is 308 Å². The maximum absolute atomic E-state index is 16.0. The van der Waals surface area contributed by atoms with Gasteiger partial charge in [-0.05, 0) is 122 Å². The van der Waals surface area contributed by atoms with Gasteiger partial charge in [0, 0.05) is 41.1 Å². The van der Waals surface area contributed by atoms with Crippen LogP contribution in [0.15, 0.2) is 116 Å². The molecule has 32 heteroatoms. The molecule has 4 aromatic heterocycles. The Kier molecular flexibility index (Phi) is 19.5. The minimum atomic E-state index is -3.00. The summed E-state index contributed by atoms with van der Waals surface area (Å²) in [5, 5.41) is 52.8. The highest BCUT2D eigenvalue weighted by atomic mass is 35.5. The Labute approximate surface area is 580 Å². The van der Waals surface area contributed by atoms with Crippen LogP contribution in [0.4, 0.5) is 35.9 Å². The molecule has 24 nitrogen and oxygen atoms in total. The summed E-state index contributed by atoms with van der Waals surface area (Å²) in [5.74, 6) is -1.60. The number of carbonyl (C=O) groups is 4. The molecule has 2 saturated heterocycles. The summed E-state index contributed by atoms with van der Waals surface area (Å²) in [7, 11) is 0. The Morgan fingerprint density at radius 2 is 1.12 bits per heavy atom. The van der Waals surface area contributed by atoms with Crippen LogP contribution in [0, 0.1) is 21.6 Å². The van der Waals surface area contributed by atoms with Gasteiger partial charge in [-0.3, -0.25) is 45.1 Å². The molecular formula is C68H74Cl2F6N18O6. The molecule has 0 bridgehead atoms. The predicted molar refractivity (Wildman–Crippen MR) is 358 cm³/mol. The summed E-state index contributed by atoms with van der Waals surface area (Å²) in [6.45, 7) is 9.70. The van der Waals surface area contributed by atoms with Crippen molar-refractivity contribution in [1.82, 2.24) is 81.0 Å². The van der Waals surface area contributed by atoms with Crippen LogP contribution in [0.1, 0.15) is 141 Å². The lowest BCUT2D eigenvalue weighted by Gasteiger charge is -2.36. The number of alkyl carbamates (subject to hydrolysis) is 2. The molecule has 8 aromatic rings. The van der Waals surface area contributed by atoms with Crippen molar-refractivity contribution in [2.24, 2.45) is 10.8 Å². The smallest absolute Gasteiger partial charge is 0.407 e. The summed E-state index contributed by atoms with van der Waals surface area (Å²) in [6.07, 6.45) is 1.12. The molecule has 528 valence electrons. The highest BCUT2D eigenvalue weighted by Crippen LogP contribution is 2.47. The summed E-state index contributed by atoms with van der Waals surface area (Å²) in [4.78, 5) is 69.8. The number of halogens is 8. The third-order valence-electron chi connectivity index (χ3n) is 17.7. The molecule has 4 amide bonds. The van der Waals surface area contributed by atoms with Crippen LogP contribution in [-0.2, 0) is 36.6 Å². The average Bonchev–Trinajstić information content (AvgIpc) is 1.58. The Bertz CT molecular complexity index is 4380. The second-order valence-electron chi connectivity index (χ2n) is 28.4. The fourth-order valence-corrected chi connectivity index (χ4v) is 13.0. The van der Waals surface area contributed by atoms with Gasteiger partial charge in [-0.15, -0.1) is 0 Å². The number of H-pyrrole nitrogens is 2. The second-order valence-corrected chi connectivity index (χ2v) is 29.2. The number of benzene rings is 4. The van der Waals surface area contributed by atoms with Crippen LogP contribution in [0.2, 0.25) is 10.0 Å². The Morgan fingerprint density at radius 3 is 1.57 bits per heavy atom. The van der Waals surface area contributed by atoms with Crippen molar-refractivity contribution in [3.05, 3.63) is 154 Å². The van der Waals surface area contributed by atoms with Crippen LogP contribution in [0.5, 0.6) is 0 Å². The van der Waals surface area contributed by atoms with Gasteiger partial charge in [0.1, 0.15) is 30.6 Å². The molecule has 3 aliphatic rings. The van der Waals surface area contributed by atoms with Crippen LogP contribution in [-0.4, -0.2) is 133 Å². The number of rotatable bonds is 25. The first-order chi connectivity index (χ1) is 47.1. The van der Waals surface area contributed by atoms with E-state index in [4.69, 9.17) is 37.7 Å². The SMILES string of the molecule is CC(C)(C)C[C@]1(c2ccc(-c3cnn(C4CC4)c3)cc2)NC(=N)N([C@H](COC(=O)NC(C)(C)C(F)F)c2ccc(Cl)c(-c3nc(CC(C)(C)C[C@]4(c5ccc(-c6cnn(C(F)F)c6)cc5)NC(=N)N([C@H](COC(=O)NC(C)(C)C(F)F)c5ccc(Cl)c(-c6ncn[nH]6)c5)C4=O)n[nH]3)c2)C1=O. The fourth-order valence-electron chi connectivity index (χ4n) is 12.5. The fraction of sp³-hybridized carbons (Fsp3) is 0.412. The minimum Gasteiger partial charge on any atom is -0.447 e. The van der Waals surface area contributed by atoms with Crippen molar-refractivity contribution in [3.63, 3.8) is 0 Å². The zero-order valence-electron chi connectivity index (χ0n) is 55.8. The number of nitrogens with zero attached hydrogens (tertiary/aromatic N) is 10. The maximum atomic E-state index is 16.0. The molecule has 8 N–H and O–H groups in total. The first-order valence-corrected chi connectivity index (χ1v) is 32.6. The Balaban J connectivity index is 0.925. The molecule has 4 atom stereocenters. The van der Waals surface area contributed by atoms with E-state index >= 15 is 9.59 Å². The van der Waals surface area contributed by atoms with Gasteiger partial charge in [0.25, 0.3) is 24.7 Å². The van der Waals surface area contributed by atoms with Crippen LogP contribution < -0.4 is 21.3 Å². The van der Waals surface area contributed by atoms with E-state index in [0.717, 1.165) is 62.8 Å². The van der Waals surface area contributed by atoms with E-state index in [2.05, 4.69) is 56.8 Å². The zero-order chi connectivity index (χ0) is 72.2. The van der Waals surface area contributed by atoms with E-state index in [1.807, 2.05) is 69.8 Å². The lowest BCUT2D eigenvalue weighted by atomic mass is 9.72. The number of nitrogens with one attached hydrogen (secondary N) is 8. The van der Waals surface area contributed by atoms with E-state index < -0.39 is 108 Å². The molecule has 4 aromatic carbocycles. The second kappa shape index (κ2) is 27.4. The van der Waals surface area contributed by atoms with Crippen molar-refractivity contribution in [3.8, 4) is 45.0 Å². The van der Waals surface area contributed by atoms with Crippen molar-refractivity contribution in [2.45, 2.75) is 154 Å². The first-order valence-electron chi connectivity index (χ1n) is 31.9. The molecule has 0 unspecified atom stereocenters. The van der Waals surface area contributed by atoms with Gasteiger partial charge in [-0.25, -0.2) is 41.8 Å². The average molecular weight is 1420 g/mol. The number of alkyl halides is 6. The van der Waals surface area contributed by atoms with Crippen molar-refractivity contribution >= 4 is 59.1 Å². The van der Waals surface area contributed by atoms with Crippen LogP contribution in [0.25, 0.3) is 45.0 Å². The van der Waals surface area contributed by atoms with Gasteiger partial charge in [0.15, 0.2) is 29.4 Å². The molecule has 1 saturated carbocycles. The highest BCUT2D eigenvalue weighted by Gasteiger charge is 2.57. The van der Waals surface area contributed by atoms with Gasteiger partial charge < -0.3 is 30.7 Å². The molecule has 0 spiro atoms. The normalized spacial score (nSPS) is 18.3. The first kappa shape index (κ1) is 71.4. The monoisotopic (exact) mass is 1420 g/mol. The number of guanidine groups is 2. The summed E-state index contributed by atoms with van der Waals surface area (Å²) < 4.78 is 97.5. The summed E-state index contributed by atoms with van der Waals surface area (Å²) in [5.41, 5.74) is -4.60. The van der Waals surface area contributed by atoms with E-state index in [1.165, 1.54) is 35.6 Å². The number of carbonyl (C=O) groups excluding carboxylic acids is 4. The minimum absolute atomic E-state index is 0.00665. The van der Waals surface area contributed by atoms with Crippen molar-refractivity contribution < 1.29 is 55.0 Å². The number of hydrogen-bond donors (Lipinski definition) is 8. The third-order valence-corrected chi connectivity index (χ3v) is 18.4. The van der Waals surface area contributed by atoms with E-state index in [1.54, 1.807) is 48.7 Å². The van der Waals surface area contributed by atoms with E-state index in [9.17, 15) is 46.8 Å². The standard InChI is InChI=1S/C68H74Cl2F6N18O6/c1-63(2,3)33-67(42-16-10-36(11-17-42)40-27-81-91(29-40)44-20-21-44)56(95)93(59(77)84-67)50(32-100-62(98)87-66(8,9)55(73)74)39-15-23-48(70)46(25-39)53-83-51(88-90-53)26-64(4,5)34-68(43-18-12-37(13-19-43)41-28-82-92(30-41)58(75)76)57(96)94(60(78)85-68)49(31-99-61(97)86-65(6,7)54(71)72)38-14-22-47(69)45(24-38)52-79-35-80-89-52/h10-19,22-25,27-30,35,44,49-50,54-55,58H,20-21,26,31-34H2,1-9H3,(H2,77,84)(H2,78,85)(H,86,97)(H,87,98)(H,79,80,89)(H,83,88,90)/t49-,50-,67-,68-/m1/s1. The van der Waals surface area contributed by atoms with E-state index in [0.29, 0.717) is 38.5 Å². The molecular weight excluding hydrogens is 1350 g/mol. The molecule has 1 aliphatic carbocycles. The predicted octanol–water partition coefficient (Wildman–Crippen LogP) is 13.3. The van der Waals surface area contributed by atoms with Gasteiger partial charge in [-0.1, -0.05) is 118 Å². The summed E-state index contributed by atoms with van der Waals surface area (Å²) >= 11 is 13.7. The van der Waals surface area contributed by atoms with Gasteiger partial charge >= 0.3 is 18.7 Å². The van der Waals surface area contributed by atoms with Crippen LogP contribution >= 0.6 is 23.2 Å². The molecule has 2 aliphatic heterocycles. The number of ether oxygens (including phenoxy) is 2. The quantitative estimate of drug-likeness (QED) is 0.0247.